The second-order valence-electron chi connectivity index (χ2n) is 7.23. The normalized spacial score (nSPS) is 14.9. The number of hydrogen-bond donors (Lipinski definition) is 0. The summed E-state index contributed by atoms with van der Waals surface area (Å²) in [5.41, 5.74) is 2.47. The molecule has 0 saturated carbocycles. The average molecular weight is 387 g/mol. The molecule has 0 spiro atoms. The number of tetrazole rings is 1. The van der Waals surface area contributed by atoms with Gasteiger partial charge >= 0.3 is 0 Å². The molecule has 0 N–H and O–H groups in total. The minimum atomic E-state index is 0.141. The summed E-state index contributed by atoms with van der Waals surface area (Å²) in [4.78, 5) is 16.5. The lowest BCUT2D eigenvalue weighted by atomic mass is 10.1. The maximum absolute atomic E-state index is 12.4. The second kappa shape index (κ2) is 10.3. The lowest BCUT2D eigenvalue weighted by Gasteiger charge is -2.25. The topological polar surface area (TPSA) is 76.4 Å². The van der Waals surface area contributed by atoms with Gasteiger partial charge in [-0.3, -0.25) is 9.69 Å². The van der Waals surface area contributed by atoms with Crippen LogP contribution < -0.4 is 0 Å². The number of rotatable bonds is 9. The van der Waals surface area contributed by atoms with E-state index in [0.717, 1.165) is 57.1 Å². The summed E-state index contributed by atoms with van der Waals surface area (Å²) < 4.78 is 7.19. The zero-order chi connectivity index (χ0) is 19.8. The monoisotopic (exact) mass is 386 g/mol. The van der Waals surface area contributed by atoms with E-state index in [2.05, 4.69) is 51.6 Å². The average Bonchev–Trinajstić information content (AvgIpc) is 3.16. The Bertz CT molecular complexity index is 739. The minimum absolute atomic E-state index is 0.141. The van der Waals surface area contributed by atoms with E-state index in [1.54, 1.807) is 4.90 Å². The van der Waals surface area contributed by atoms with Crippen LogP contribution in [0.15, 0.2) is 24.3 Å². The second-order valence-corrected chi connectivity index (χ2v) is 7.23. The van der Waals surface area contributed by atoms with Crippen LogP contribution in [0.5, 0.6) is 0 Å². The number of aromatic nitrogens is 4. The predicted molar refractivity (Wildman–Crippen MR) is 105 cm³/mol. The van der Waals surface area contributed by atoms with Crippen molar-refractivity contribution in [2.45, 2.75) is 45.8 Å². The van der Waals surface area contributed by atoms with Crippen molar-refractivity contribution in [3.63, 3.8) is 0 Å². The molecule has 1 aromatic heterocycles. The molecule has 2 heterocycles. The van der Waals surface area contributed by atoms with Crippen molar-refractivity contribution in [3.8, 4) is 0 Å². The van der Waals surface area contributed by atoms with Crippen molar-refractivity contribution in [1.29, 1.82) is 0 Å². The molecule has 1 aliphatic rings. The predicted octanol–water partition coefficient (Wildman–Crippen LogP) is 1.51. The van der Waals surface area contributed by atoms with Gasteiger partial charge in [-0.2, -0.15) is 0 Å². The van der Waals surface area contributed by atoms with E-state index >= 15 is 0 Å². The van der Waals surface area contributed by atoms with Crippen molar-refractivity contribution >= 4 is 5.91 Å². The number of aryl methyl sites for hydroxylation is 2. The molecule has 152 valence electrons. The zero-order valence-electron chi connectivity index (χ0n) is 16.9. The fourth-order valence-corrected chi connectivity index (χ4v) is 3.28. The fourth-order valence-electron chi connectivity index (χ4n) is 3.28. The Balaban J connectivity index is 1.42. The summed E-state index contributed by atoms with van der Waals surface area (Å²) in [6.07, 6.45) is 2.24. The molecule has 0 unspecified atom stereocenters. The fraction of sp³-hybridized carbons (Fsp3) is 0.600. The van der Waals surface area contributed by atoms with Crippen LogP contribution in [-0.4, -0.2) is 69.3 Å². The first-order valence-corrected chi connectivity index (χ1v) is 10.0. The van der Waals surface area contributed by atoms with Gasteiger partial charge < -0.3 is 9.64 Å². The van der Waals surface area contributed by atoms with Crippen molar-refractivity contribution < 1.29 is 9.53 Å². The van der Waals surface area contributed by atoms with E-state index in [0.29, 0.717) is 19.5 Å². The van der Waals surface area contributed by atoms with Crippen LogP contribution in [0, 0.1) is 0 Å². The Hall–Kier alpha value is -2.32. The third kappa shape index (κ3) is 5.84. The summed E-state index contributed by atoms with van der Waals surface area (Å²) in [6.45, 7) is 7.45. The van der Waals surface area contributed by atoms with E-state index < -0.39 is 0 Å². The maximum Gasteiger partial charge on any atom is 0.222 e. The van der Waals surface area contributed by atoms with E-state index in [9.17, 15) is 4.79 Å². The molecule has 1 fully saturated rings. The number of nitrogens with zero attached hydrogens (tertiary/aromatic N) is 6. The highest BCUT2D eigenvalue weighted by molar-refractivity contribution is 5.75. The molecule has 0 aliphatic carbocycles. The smallest absolute Gasteiger partial charge is 0.222 e. The third-order valence-corrected chi connectivity index (χ3v) is 5.11. The molecule has 8 heteroatoms. The van der Waals surface area contributed by atoms with Gasteiger partial charge in [-0.05, 0) is 34.4 Å². The van der Waals surface area contributed by atoms with Gasteiger partial charge in [0, 0.05) is 39.6 Å². The molecule has 2 aromatic rings. The van der Waals surface area contributed by atoms with Crippen LogP contribution in [0.3, 0.4) is 0 Å². The van der Waals surface area contributed by atoms with E-state index in [4.69, 9.17) is 4.74 Å². The van der Waals surface area contributed by atoms with E-state index in [1.165, 1.54) is 5.56 Å². The first kappa shape index (κ1) is 20.4. The molecule has 3 rings (SSSR count). The van der Waals surface area contributed by atoms with Crippen LogP contribution in [0.1, 0.15) is 36.7 Å². The number of amides is 1. The van der Waals surface area contributed by atoms with Gasteiger partial charge in [-0.25, -0.2) is 4.68 Å². The number of carbonyl (C=O) groups is 1. The SMILES string of the molecule is CCc1ccc(CN(C)C(=O)CCCn2nnnc2CN2CCOCC2)cc1. The summed E-state index contributed by atoms with van der Waals surface area (Å²) in [5, 5.41) is 12.0. The Morgan fingerprint density at radius 2 is 1.89 bits per heavy atom. The molecule has 0 atom stereocenters. The molecule has 1 saturated heterocycles. The number of benzene rings is 1. The first-order valence-electron chi connectivity index (χ1n) is 10.0. The highest BCUT2D eigenvalue weighted by atomic mass is 16.5. The molecule has 1 aliphatic heterocycles. The molecular weight excluding hydrogens is 356 g/mol. The van der Waals surface area contributed by atoms with E-state index in [-0.39, 0.29) is 5.91 Å². The Morgan fingerprint density at radius 1 is 1.18 bits per heavy atom. The van der Waals surface area contributed by atoms with E-state index in [1.807, 2.05) is 11.7 Å². The molecule has 8 nitrogen and oxygen atoms in total. The van der Waals surface area contributed by atoms with Crippen LogP contribution in [0.2, 0.25) is 0 Å². The van der Waals surface area contributed by atoms with Crippen LogP contribution in [0.4, 0.5) is 0 Å². The van der Waals surface area contributed by atoms with Crippen molar-refractivity contribution in [2.75, 3.05) is 33.4 Å². The highest BCUT2D eigenvalue weighted by Gasteiger charge is 2.16. The quantitative estimate of drug-likeness (QED) is 0.650. The number of morpholine rings is 1. The standard InChI is InChI=1S/C20H30N6O2/c1-3-17-6-8-18(9-7-17)15-24(2)20(27)5-4-10-26-19(21-22-23-26)16-25-11-13-28-14-12-25/h6-9H,3-5,10-16H2,1-2H3. The molecule has 0 radical (unpaired) electrons. The van der Waals surface area contributed by atoms with Gasteiger partial charge in [-0.15, -0.1) is 5.10 Å². The first-order chi connectivity index (χ1) is 13.7. The lowest BCUT2D eigenvalue weighted by Crippen LogP contribution is -2.36. The summed E-state index contributed by atoms with van der Waals surface area (Å²) in [5.74, 6) is 0.987. The highest BCUT2D eigenvalue weighted by Crippen LogP contribution is 2.10. The third-order valence-electron chi connectivity index (χ3n) is 5.11. The van der Waals surface area contributed by atoms with Gasteiger partial charge in [0.05, 0.1) is 19.8 Å². The summed E-state index contributed by atoms with van der Waals surface area (Å²) in [7, 11) is 1.86. The molecule has 28 heavy (non-hydrogen) atoms. The van der Waals surface area contributed by atoms with Crippen molar-refractivity contribution in [1.82, 2.24) is 30.0 Å². The Kier molecular flexibility index (Phi) is 7.50. The van der Waals surface area contributed by atoms with Crippen LogP contribution in [-0.2, 0) is 35.6 Å². The molecule has 1 aromatic carbocycles. The summed E-state index contributed by atoms with van der Waals surface area (Å²) in [6, 6.07) is 8.45. The Labute approximate surface area is 166 Å². The number of hydrogen-bond acceptors (Lipinski definition) is 6. The van der Waals surface area contributed by atoms with Gasteiger partial charge in [0.1, 0.15) is 0 Å². The Morgan fingerprint density at radius 3 is 2.61 bits per heavy atom. The largest absolute Gasteiger partial charge is 0.379 e. The van der Waals surface area contributed by atoms with Crippen LogP contribution in [0.25, 0.3) is 0 Å². The molecule has 0 bridgehead atoms. The minimum Gasteiger partial charge on any atom is -0.379 e. The summed E-state index contributed by atoms with van der Waals surface area (Å²) >= 11 is 0. The number of ether oxygens (including phenoxy) is 1. The van der Waals surface area contributed by atoms with Gasteiger partial charge in [-0.1, -0.05) is 31.2 Å². The lowest BCUT2D eigenvalue weighted by molar-refractivity contribution is -0.130. The molecule has 1 amide bonds. The number of carbonyl (C=O) groups excluding carboxylic acids is 1. The van der Waals surface area contributed by atoms with Gasteiger partial charge in [0.25, 0.3) is 0 Å². The van der Waals surface area contributed by atoms with Crippen molar-refractivity contribution in [2.24, 2.45) is 0 Å². The van der Waals surface area contributed by atoms with Crippen LogP contribution >= 0.6 is 0 Å². The zero-order valence-corrected chi connectivity index (χ0v) is 16.9. The van der Waals surface area contributed by atoms with Gasteiger partial charge in [0.15, 0.2) is 5.82 Å². The maximum atomic E-state index is 12.4. The molecular formula is C20H30N6O2. The van der Waals surface area contributed by atoms with Crippen molar-refractivity contribution in [3.05, 3.63) is 41.2 Å². The van der Waals surface area contributed by atoms with Gasteiger partial charge in [0.2, 0.25) is 5.91 Å².